The fraction of sp³-hybridized carbons (Fsp3) is 0.250. The van der Waals surface area contributed by atoms with Gasteiger partial charge in [0.2, 0.25) is 0 Å². The smallest absolute Gasteiger partial charge is 0.331 e. The van der Waals surface area contributed by atoms with Gasteiger partial charge in [-0.15, -0.1) is 0 Å². The van der Waals surface area contributed by atoms with Crippen molar-refractivity contribution in [3.05, 3.63) is 77.8 Å². The Morgan fingerprint density at radius 1 is 1.07 bits per heavy atom. The number of hydrogen-bond acceptors (Lipinski definition) is 4. The average Bonchev–Trinajstić information content (AvgIpc) is 3.15. The molecule has 0 fully saturated rings. The second kappa shape index (κ2) is 8.78. The van der Waals surface area contributed by atoms with Crippen LogP contribution in [0, 0.1) is 0 Å². The molecule has 1 heterocycles. The van der Waals surface area contributed by atoms with Gasteiger partial charge in [0.15, 0.2) is 0 Å². The Morgan fingerprint density at radius 3 is 2.38 bits per heavy atom. The van der Waals surface area contributed by atoms with Gasteiger partial charge in [-0.25, -0.2) is 9.78 Å². The number of carbonyl (C=O) groups excluding carboxylic acids is 1. The minimum absolute atomic E-state index is 0.344. The molecule has 0 amide bonds. The number of nitrogens with one attached hydrogen (secondary N) is 1. The van der Waals surface area contributed by atoms with Crippen molar-refractivity contribution < 1.29 is 14.3 Å². The molecular formula is C24H26N2O3. The number of benzene rings is 2. The highest BCUT2D eigenvalue weighted by molar-refractivity contribution is 5.87. The van der Waals surface area contributed by atoms with Crippen LogP contribution < -0.4 is 4.74 Å². The number of hydrogen-bond donors (Lipinski definition) is 1. The van der Waals surface area contributed by atoms with Gasteiger partial charge in [0.1, 0.15) is 17.2 Å². The van der Waals surface area contributed by atoms with E-state index in [4.69, 9.17) is 9.47 Å². The number of methoxy groups -OCH3 is 1. The lowest BCUT2D eigenvalue weighted by Gasteiger charge is -2.17. The lowest BCUT2D eigenvalue weighted by molar-refractivity contribution is -0.148. The van der Waals surface area contributed by atoms with E-state index in [1.807, 2.05) is 75.5 Å². The van der Waals surface area contributed by atoms with E-state index in [9.17, 15) is 4.79 Å². The van der Waals surface area contributed by atoms with Crippen LogP contribution in [0.4, 0.5) is 0 Å². The highest BCUT2D eigenvalue weighted by Gasteiger charge is 2.13. The van der Waals surface area contributed by atoms with E-state index < -0.39 is 5.60 Å². The molecule has 29 heavy (non-hydrogen) atoms. The average molecular weight is 390 g/mol. The molecule has 0 saturated heterocycles. The molecule has 0 saturated carbocycles. The number of carbonyl (C=O) groups is 1. The maximum Gasteiger partial charge on any atom is 0.331 e. The molecule has 0 unspecified atom stereocenters. The zero-order valence-electron chi connectivity index (χ0n) is 17.2. The Bertz CT molecular complexity index is 978. The van der Waals surface area contributed by atoms with Gasteiger partial charge in [0.05, 0.1) is 19.0 Å². The summed E-state index contributed by atoms with van der Waals surface area (Å²) in [6.07, 6.45) is 5.75. The number of aromatic amines is 1. The summed E-state index contributed by atoms with van der Waals surface area (Å²) in [6.45, 7) is 5.55. The minimum Gasteiger partial charge on any atom is -0.497 e. The monoisotopic (exact) mass is 390 g/mol. The largest absolute Gasteiger partial charge is 0.497 e. The van der Waals surface area contributed by atoms with E-state index in [-0.39, 0.29) is 5.97 Å². The SMILES string of the molecule is COc1ccc(-c2cnc(Cc3ccc(C=CC(=O)OC(C)(C)C)cc3)[nH]2)cc1. The first-order chi connectivity index (χ1) is 13.8. The number of esters is 1. The van der Waals surface area contributed by atoms with Crippen molar-refractivity contribution in [1.29, 1.82) is 0 Å². The number of aromatic nitrogens is 2. The van der Waals surface area contributed by atoms with Crippen LogP contribution in [0.1, 0.15) is 37.7 Å². The van der Waals surface area contributed by atoms with Crippen LogP contribution in [0.3, 0.4) is 0 Å². The summed E-state index contributed by atoms with van der Waals surface area (Å²) in [5, 5.41) is 0. The zero-order valence-corrected chi connectivity index (χ0v) is 17.2. The predicted molar refractivity (Wildman–Crippen MR) is 115 cm³/mol. The molecule has 0 aliphatic heterocycles. The van der Waals surface area contributed by atoms with Crippen molar-refractivity contribution in [3.8, 4) is 17.0 Å². The van der Waals surface area contributed by atoms with Gasteiger partial charge in [-0.2, -0.15) is 0 Å². The molecule has 5 heteroatoms. The van der Waals surface area contributed by atoms with Crippen LogP contribution in [0.25, 0.3) is 17.3 Å². The summed E-state index contributed by atoms with van der Waals surface area (Å²) in [7, 11) is 1.65. The summed E-state index contributed by atoms with van der Waals surface area (Å²) in [6, 6.07) is 15.9. The molecule has 1 aromatic heterocycles. The van der Waals surface area contributed by atoms with E-state index in [2.05, 4.69) is 9.97 Å². The molecule has 2 aromatic carbocycles. The van der Waals surface area contributed by atoms with E-state index in [0.717, 1.165) is 34.0 Å². The summed E-state index contributed by atoms with van der Waals surface area (Å²) in [5.74, 6) is 1.38. The Kier molecular flexibility index (Phi) is 6.17. The van der Waals surface area contributed by atoms with E-state index in [1.54, 1.807) is 13.2 Å². The van der Waals surface area contributed by atoms with Crippen LogP contribution >= 0.6 is 0 Å². The molecule has 0 bridgehead atoms. The molecule has 3 rings (SSSR count). The van der Waals surface area contributed by atoms with E-state index >= 15 is 0 Å². The maximum absolute atomic E-state index is 11.8. The fourth-order valence-corrected chi connectivity index (χ4v) is 2.81. The molecule has 5 nitrogen and oxygen atoms in total. The van der Waals surface area contributed by atoms with Gasteiger partial charge < -0.3 is 14.5 Å². The van der Waals surface area contributed by atoms with Crippen LogP contribution in [0.15, 0.2) is 60.8 Å². The van der Waals surface area contributed by atoms with Crippen molar-refractivity contribution in [1.82, 2.24) is 9.97 Å². The third kappa shape index (κ3) is 6.07. The number of rotatable bonds is 6. The van der Waals surface area contributed by atoms with Gasteiger partial charge in [-0.1, -0.05) is 24.3 Å². The van der Waals surface area contributed by atoms with Crippen molar-refractivity contribution in [2.24, 2.45) is 0 Å². The van der Waals surface area contributed by atoms with E-state index in [0.29, 0.717) is 6.42 Å². The third-order valence-electron chi connectivity index (χ3n) is 4.20. The summed E-state index contributed by atoms with van der Waals surface area (Å²) in [5.41, 5.74) is 3.62. The van der Waals surface area contributed by atoms with Crippen LogP contribution in [-0.2, 0) is 16.0 Å². The normalized spacial score (nSPS) is 11.6. The quantitative estimate of drug-likeness (QED) is 0.473. The standard InChI is InChI=1S/C24H26N2O3/c1-24(2,3)29-23(27)14-9-17-5-7-18(8-6-17)15-22-25-16-21(26-22)19-10-12-20(28-4)13-11-19/h5-14,16H,15H2,1-4H3,(H,25,26). The Morgan fingerprint density at radius 2 is 1.76 bits per heavy atom. The molecule has 0 aliphatic carbocycles. The fourth-order valence-electron chi connectivity index (χ4n) is 2.81. The van der Waals surface area contributed by atoms with Gasteiger partial charge >= 0.3 is 5.97 Å². The molecule has 3 aromatic rings. The molecule has 0 spiro atoms. The number of nitrogens with zero attached hydrogens (tertiary/aromatic N) is 1. The van der Waals surface area contributed by atoms with E-state index in [1.165, 1.54) is 6.08 Å². The van der Waals surface area contributed by atoms with Gasteiger partial charge in [-0.05, 0) is 67.8 Å². The number of imidazole rings is 1. The highest BCUT2D eigenvalue weighted by atomic mass is 16.6. The van der Waals surface area contributed by atoms with Crippen LogP contribution in [0.2, 0.25) is 0 Å². The number of H-pyrrole nitrogens is 1. The van der Waals surface area contributed by atoms with Gasteiger partial charge in [0, 0.05) is 12.5 Å². The zero-order chi connectivity index (χ0) is 20.9. The van der Waals surface area contributed by atoms with Gasteiger partial charge in [-0.3, -0.25) is 0 Å². The Labute approximate surface area is 171 Å². The second-order valence-corrected chi connectivity index (χ2v) is 7.76. The van der Waals surface area contributed by atoms with Crippen molar-refractivity contribution in [2.45, 2.75) is 32.8 Å². The summed E-state index contributed by atoms with van der Waals surface area (Å²) < 4.78 is 10.5. The molecule has 0 atom stereocenters. The Balaban J connectivity index is 1.61. The first kappa shape index (κ1) is 20.4. The van der Waals surface area contributed by atoms with Crippen molar-refractivity contribution in [2.75, 3.05) is 7.11 Å². The highest BCUT2D eigenvalue weighted by Crippen LogP contribution is 2.21. The third-order valence-corrected chi connectivity index (χ3v) is 4.20. The minimum atomic E-state index is -0.487. The topological polar surface area (TPSA) is 64.2 Å². The van der Waals surface area contributed by atoms with Crippen LogP contribution in [0.5, 0.6) is 5.75 Å². The van der Waals surface area contributed by atoms with Gasteiger partial charge in [0.25, 0.3) is 0 Å². The molecule has 0 radical (unpaired) electrons. The van der Waals surface area contributed by atoms with Crippen LogP contribution in [-0.4, -0.2) is 28.6 Å². The lowest BCUT2D eigenvalue weighted by Crippen LogP contribution is -2.22. The van der Waals surface area contributed by atoms with Crippen molar-refractivity contribution >= 4 is 12.0 Å². The molecule has 150 valence electrons. The molecule has 0 aliphatic rings. The summed E-state index contributed by atoms with van der Waals surface area (Å²) in [4.78, 5) is 19.6. The molecular weight excluding hydrogens is 364 g/mol. The summed E-state index contributed by atoms with van der Waals surface area (Å²) >= 11 is 0. The van der Waals surface area contributed by atoms with Crippen molar-refractivity contribution in [3.63, 3.8) is 0 Å². The maximum atomic E-state index is 11.8. The first-order valence-corrected chi connectivity index (χ1v) is 9.51. The first-order valence-electron chi connectivity index (χ1n) is 9.51. The number of ether oxygens (including phenoxy) is 2. The predicted octanol–water partition coefficient (Wildman–Crippen LogP) is 5.03. The second-order valence-electron chi connectivity index (χ2n) is 7.76. The molecule has 1 N–H and O–H groups in total. The Hall–Kier alpha value is -3.34. The lowest BCUT2D eigenvalue weighted by atomic mass is 10.1.